The molecule has 0 aliphatic carbocycles. The number of methoxy groups -OCH3 is 1. The van der Waals surface area contributed by atoms with Crippen LogP contribution in [0.2, 0.25) is 5.02 Å². The number of benzene rings is 2. The SMILES string of the molecule is CCCCCCCNC(=O)c1c(N)n(-c2ccc(OC)c(Cl)c2)c2nc3ccccc3nc12. The third-order valence-corrected chi connectivity index (χ3v) is 5.98. The monoisotopic (exact) mass is 465 g/mol. The summed E-state index contributed by atoms with van der Waals surface area (Å²) >= 11 is 6.37. The maximum atomic E-state index is 13.2. The van der Waals surface area contributed by atoms with E-state index in [4.69, 9.17) is 32.0 Å². The molecule has 2 heterocycles. The van der Waals surface area contributed by atoms with Gasteiger partial charge in [0.2, 0.25) is 0 Å². The number of nitrogen functional groups attached to an aromatic ring is 1. The van der Waals surface area contributed by atoms with Crippen molar-refractivity contribution in [2.45, 2.75) is 39.0 Å². The predicted octanol–water partition coefficient (Wildman–Crippen LogP) is 5.52. The molecular weight excluding hydrogens is 438 g/mol. The average molecular weight is 466 g/mol. The van der Waals surface area contributed by atoms with E-state index in [-0.39, 0.29) is 11.7 Å². The molecule has 7 nitrogen and oxygen atoms in total. The van der Waals surface area contributed by atoms with Crippen molar-refractivity contribution < 1.29 is 9.53 Å². The molecule has 0 atom stereocenters. The zero-order valence-corrected chi connectivity index (χ0v) is 19.7. The average Bonchev–Trinajstić information content (AvgIpc) is 3.10. The number of carbonyl (C=O) groups is 1. The summed E-state index contributed by atoms with van der Waals surface area (Å²) in [5.41, 5.74) is 9.92. The van der Waals surface area contributed by atoms with E-state index in [1.165, 1.54) is 19.3 Å². The molecule has 3 N–H and O–H groups in total. The van der Waals surface area contributed by atoms with Crippen LogP contribution in [0.1, 0.15) is 49.4 Å². The van der Waals surface area contributed by atoms with Gasteiger partial charge in [0.25, 0.3) is 5.91 Å². The molecule has 4 aromatic rings. The number of aromatic nitrogens is 3. The third kappa shape index (κ3) is 4.59. The van der Waals surface area contributed by atoms with E-state index in [1.807, 2.05) is 30.3 Å². The van der Waals surface area contributed by atoms with Crippen LogP contribution in [0.3, 0.4) is 0 Å². The minimum Gasteiger partial charge on any atom is -0.495 e. The fourth-order valence-corrected chi connectivity index (χ4v) is 4.21. The molecule has 0 radical (unpaired) electrons. The maximum Gasteiger partial charge on any atom is 0.257 e. The smallest absolute Gasteiger partial charge is 0.257 e. The summed E-state index contributed by atoms with van der Waals surface area (Å²) in [6, 6.07) is 12.9. The Morgan fingerprint density at radius 3 is 2.52 bits per heavy atom. The van der Waals surface area contributed by atoms with Crippen LogP contribution in [0.25, 0.3) is 27.9 Å². The maximum absolute atomic E-state index is 13.2. The van der Waals surface area contributed by atoms with E-state index >= 15 is 0 Å². The number of amides is 1. The Morgan fingerprint density at radius 2 is 1.82 bits per heavy atom. The molecule has 33 heavy (non-hydrogen) atoms. The van der Waals surface area contributed by atoms with Crippen LogP contribution in [0.5, 0.6) is 5.75 Å². The van der Waals surface area contributed by atoms with Gasteiger partial charge in [0.1, 0.15) is 22.6 Å². The van der Waals surface area contributed by atoms with Crippen molar-refractivity contribution in [2.24, 2.45) is 0 Å². The van der Waals surface area contributed by atoms with Crippen molar-refractivity contribution in [3.8, 4) is 11.4 Å². The summed E-state index contributed by atoms with van der Waals surface area (Å²) in [4.78, 5) is 22.7. The minimum absolute atomic E-state index is 0.254. The van der Waals surface area contributed by atoms with Crippen LogP contribution >= 0.6 is 11.6 Å². The summed E-state index contributed by atoms with van der Waals surface area (Å²) in [7, 11) is 1.56. The van der Waals surface area contributed by atoms with Crippen molar-refractivity contribution >= 4 is 45.5 Å². The van der Waals surface area contributed by atoms with Gasteiger partial charge in [-0.2, -0.15) is 0 Å². The van der Waals surface area contributed by atoms with Crippen LogP contribution in [0.4, 0.5) is 5.82 Å². The second kappa shape index (κ2) is 10.1. The van der Waals surface area contributed by atoms with Gasteiger partial charge in [-0.25, -0.2) is 9.97 Å². The highest BCUT2D eigenvalue weighted by molar-refractivity contribution is 6.32. The predicted molar refractivity (Wildman–Crippen MR) is 133 cm³/mol. The van der Waals surface area contributed by atoms with Crippen molar-refractivity contribution in [1.82, 2.24) is 19.9 Å². The first-order valence-electron chi connectivity index (χ1n) is 11.2. The number of hydrogen-bond acceptors (Lipinski definition) is 5. The molecule has 2 aromatic carbocycles. The number of para-hydroxylation sites is 2. The minimum atomic E-state index is -0.254. The van der Waals surface area contributed by atoms with E-state index in [1.54, 1.807) is 23.8 Å². The van der Waals surface area contributed by atoms with Gasteiger partial charge in [0.05, 0.1) is 28.9 Å². The highest BCUT2D eigenvalue weighted by Crippen LogP contribution is 2.34. The van der Waals surface area contributed by atoms with Crippen LogP contribution in [0.15, 0.2) is 42.5 Å². The van der Waals surface area contributed by atoms with Crippen LogP contribution in [-0.4, -0.2) is 34.1 Å². The first-order chi connectivity index (χ1) is 16.0. The number of hydrogen-bond donors (Lipinski definition) is 2. The first kappa shape index (κ1) is 22.9. The number of nitrogens with two attached hydrogens (primary N) is 1. The van der Waals surface area contributed by atoms with Crippen LogP contribution in [-0.2, 0) is 0 Å². The molecule has 0 aliphatic heterocycles. The molecule has 0 aliphatic rings. The normalized spacial score (nSPS) is 11.2. The molecule has 8 heteroatoms. The zero-order valence-electron chi connectivity index (χ0n) is 18.9. The number of anilines is 1. The van der Waals surface area contributed by atoms with Gasteiger partial charge in [0, 0.05) is 6.54 Å². The fourth-order valence-electron chi connectivity index (χ4n) is 3.96. The largest absolute Gasteiger partial charge is 0.495 e. The van der Waals surface area contributed by atoms with Crippen LogP contribution in [0, 0.1) is 0 Å². The van der Waals surface area contributed by atoms with Gasteiger partial charge in [-0.3, -0.25) is 9.36 Å². The Kier molecular flexibility index (Phi) is 6.99. The molecule has 0 bridgehead atoms. The molecule has 0 spiro atoms. The summed E-state index contributed by atoms with van der Waals surface area (Å²) in [5.74, 6) is 0.564. The number of halogens is 1. The number of fused-ring (bicyclic) bond motifs is 2. The summed E-state index contributed by atoms with van der Waals surface area (Å²) in [6.07, 6.45) is 5.57. The van der Waals surface area contributed by atoms with E-state index in [0.29, 0.717) is 50.8 Å². The van der Waals surface area contributed by atoms with Gasteiger partial charge in [0.15, 0.2) is 5.65 Å². The van der Waals surface area contributed by atoms with Gasteiger partial charge >= 0.3 is 0 Å². The molecule has 0 saturated heterocycles. The number of rotatable bonds is 9. The summed E-state index contributed by atoms with van der Waals surface area (Å²) in [6.45, 7) is 2.77. The molecule has 2 aromatic heterocycles. The molecule has 4 rings (SSSR count). The number of ether oxygens (including phenoxy) is 1. The lowest BCUT2D eigenvalue weighted by atomic mass is 10.1. The Hall–Kier alpha value is -3.32. The van der Waals surface area contributed by atoms with E-state index in [2.05, 4.69) is 12.2 Å². The summed E-state index contributed by atoms with van der Waals surface area (Å²) in [5, 5.41) is 3.44. The highest BCUT2D eigenvalue weighted by Gasteiger charge is 2.25. The standard InChI is InChI=1S/C25H28ClN5O2/c1-3-4-5-6-9-14-28-25(32)21-22-24(30-19-11-8-7-10-18(19)29-22)31(23(21)27)16-12-13-20(33-2)17(26)15-16/h7-8,10-13,15H,3-6,9,14,27H2,1-2H3,(H,28,32). The number of unbranched alkanes of at least 4 members (excludes halogenated alkanes) is 4. The lowest BCUT2D eigenvalue weighted by molar-refractivity contribution is 0.0955. The fraction of sp³-hybridized carbons (Fsp3) is 0.320. The van der Waals surface area contributed by atoms with Gasteiger partial charge in [-0.15, -0.1) is 0 Å². The van der Waals surface area contributed by atoms with E-state index in [0.717, 1.165) is 12.8 Å². The van der Waals surface area contributed by atoms with Gasteiger partial charge < -0.3 is 15.8 Å². The molecule has 0 saturated carbocycles. The number of nitrogens with one attached hydrogen (secondary N) is 1. The highest BCUT2D eigenvalue weighted by atomic mass is 35.5. The van der Waals surface area contributed by atoms with Crippen molar-refractivity contribution in [3.05, 3.63) is 53.1 Å². The Morgan fingerprint density at radius 1 is 1.09 bits per heavy atom. The molecule has 172 valence electrons. The van der Waals surface area contributed by atoms with Gasteiger partial charge in [-0.05, 0) is 36.8 Å². The van der Waals surface area contributed by atoms with Crippen molar-refractivity contribution in [1.29, 1.82) is 0 Å². The Labute approximate surface area is 197 Å². The van der Waals surface area contributed by atoms with Crippen molar-refractivity contribution in [3.63, 3.8) is 0 Å². The molecular formula is C25H28ClN5O2. The summed E-state index contributed by atoms with van der Waals surface area (Å²) < 4.78 is 6.99. The second-order valence-electron chi connectivity index (χ2n) is 7.97. The zero-order chi connectivity index (χ0) is 23.4. The quantitative estimate of drug-likeness (QED) is 0.317. The molecule has 0 unspecified atom stereocenters. The van der Waals surface area contributed by atoms with Crippen LogP contribution < -0.4 is 15.8 Å². The number of nitrogens with zero attached hydrogens (tertiary/aromatic N) is 3. The van der Waals surface area contributed by atoms with E-state index in [9.17, 15) is 4.79 Å². The third-order valence-electron chi connectivity index (χ3n) is 5.68. The number of carbonyl (C=O) groups excluding carboxylic acids is 1. The lowest BCUT2D eigenvalue weighted by Gasteiger charge is -2.10. The first-order valence-corrected chi connectivity index (χ1v) is 11.6. The van der Waals surface area contributed by atoms with E-state index < -0.39 is 0 Å². The lowest BCUT2D eigenvalue weighted by Crippen LogP contribution is -2.25. The Balaban J connectivity index is 1.78. The Bertz CT molecular complexity index is 1300. The molecule has 1 amide bonds. The topological polar surface area (TPSA) is 95.1 Å². The molecule has 0 fully saturated rings. The second-order valence-corrected chi connectivity index (χ2v) is 8.38. The van der Waals surface area contributed by atoms with Gasteiger partial charge in [-0.1, -0.05) is 56.3 Å². The van der Waals surface area contributed by atoms with Crippen molar-refractivity contribution in [2.75, 3.05) is 19.4 Å².